The first-order valence-corrected chi connectivity index (χ1v) is 7.25. The Morgan fingerprint density at radius 1 is 1.11 bits per heavy atom. The van der Waals surface area contributed by atoms with Gasteiger partial charge in [0, 0.05) is 21.6 Å². The summed E-state index contributed by atoms with van der Waals surface area (Å²) in [6.45, 7) is 0.310. The molecule has 2 aromatic rings. The maximum atomic E-state index is 13.3. The van der Waals surface area contributed by atoms with Crippen LogP contribution in [0.4, 0.5) is 4.39 Å². The van der Waals surface area contributed by atoms with Crippen molar-refractivity contribution in [2.24, 2.45) is 5.73 Å². The van der Waals surface area contributed by atoms with Crippen molar-refractivity contribution < 1.29 is 9.13 Å². The van der Waals surface area contributed by atoms with Crippen molar-refractivity contribution in [2.45, 2.75) is 6.10 Å². The Morgan fingerprint density at radius 3 is 2.53 bits per heavy atom. The van der Waals surface area contributed by atoms with Crippen molar-refractivity contribution >= 4 is 31.9 Å². The van der Waals surface area contributed by atoms with Crippen LogP contribution in [0, 0.1) is 5.82 Å². The van der Waals surface area contributed by atoms with Gasteiger partial charge in [0.25, 0.3) is 0 Å². The van der Waals surface area contributed by atoms with Gasteiger partial charge in [0.1, 0.15) is 17.7 Å². The molecule has 5 heteroatoms. The van der Waals surface area contributed by atoms with Crippen molar-refractivity contribution in [3.63, 3.8) is 0 Å². The third kappa shape index (κ3) is 4.03. The second-order valence-electron chi connectivity index (χ2n) is 4.00. The molecule has 0 aliphatic heterocycles. The van der Waals surface area contributed by atoms with E-state index in [9.17, 15) is 4.39 Å². The largest absolute Gasteiger partial charge is 0.484 e. The molecule has 19 heavy (non-hydrogen) atoms. The molecule has 0 bridgehead atoms. The molecule has 0 aliphatic rings. The molecule has 2 N–H and O–H groups in total. The van der Waals surface area contributed by atoms with Crippen molar-refractivity contribution in [1.82, 2.24) is 0 Å². The van der Waals surface area contributed by atoms with E-state index < -0.39 is 0 Å². The summed E-state index contributed by atoms with van der Waals surface area (Å²) in [6, 6.07) is 12.1. The lowest BCUT2D eigenvalue weighted by atomic mass is 10.1. The van der Waals surface area contributed by atoms with E-state index in [-0.39, 0.29) is 11.9 Å². The van der Waals surface area contributed by atoms with Gasteiger partial charge in [-0.3, -0.25) is 0 Å². The third-order valence-electron chi connectivity index (χ3n) is 2.55. The second kappa shape index (κ2) is 6.50. The Morgan fingerprint density at radius 2 is 1.89 bits per heavy atom. The normalized spacial score (nSPS) is 12.2. The topological polar surface area (TPSA) is 35.2 Å². The number of hydrogen-bond acceptors (Lipinski definition) is 2. The van der Waals surface area contributed by atoms with Gasteiger partial charge in [-0.05, 0) is 29.8 Å². The van der Waals surface area contributed by atoms with Crippen LogP contribution in [0.2, 0.25) is 0 Å². The summed E-state index contributed by atoms with van der Waals surface area (Å²) in [5.41, 5.74) is 6.67. The summed E-state index contributed by atoms with van der Waals surface area (Å²) in [5.74, 6) is 0.0942. The van der Waals surface area contributed by atoms with Crippen molar-refractivity contribution in [1.29, 1.82) is 0 Å². The highest BCUT2D eigenvalue weighted by molar-refractivity contribution is 9.10. The number of halogens is 3. The van der Waals surface area contributed by atoms with E-state index in [4.69, 9.17) is 10.5 Å². The van der Waals surface area contributed by atoms with Gasteiger partial charge < -0.3 is 10.5 Å². The van der Waals surface area contributed by atoms with Crippen molar-refractivity contribution in [3.05, 3.63) is 62.8 Å². The Bertz CT molecular complexity index is 557. The van der Waals surface area contributed by atoms with E-state index in [0.717, 1.165) is 10.0 Å². The lowest BCUT2D eigenvalue weighted by Crippen LogP contribution is -2.18. The maximum absolute atomic E-state index is 13.3. The molecule has 0 spiro atoms. The van der Waals surface area contributed by atoms with E-state index in [1.165, 1.54) is 12.1 Å². The molecule has 0 radical (unpaired) electrons. The summed E-state index contributed by atoms with van der Waals surface area (Å²) >= 11 is 6.64. The molecule has 2 aromatic carbocycles. The highest BCUT2D eigenvalue weighted by Gasteiger charge is 2.12. The second-order valence-corrected chi connectivity index (χ2v) is 5.83. The van der Waals surface area contributed by atoms with E-state index in [0.29, 0.717) is 16.8 Å². The summed E-state index contributed by atoms with van der Waals surface area (Å²) in [4.78, 5) is 0. The zero-order valence-corrected chi connectivity index (χ0v) is 13.1. The van der Waals surface area contributed by atoms with E-state index in [1.54, 1.807) is 6.07 Å². The standard InChI is InChI=1S/C14H12Br2FNO/c15-10-3-1-2-9(4-10)14(8-18)19-13-6-11(16)5-12(17)7-13/h1-7,14H,8,18H2. The Kier molecular flexibility index (Phi) is 4.96. The minimum Gasteiger partial charge on any atom is -0.484 e. The molecule has 1 atom stereocenters. The first-order chi connectivity index (χ1) is 9.08. The van der Waals surface area contributed by atoms with Crippen LogP contribution in [0.25, 0.3) is 0 Å². The molecule has 0 fully saturated rings. The van der Waals surface area contributed by atoms with Crippen LogP contribution < -0.4 is 10.5 Å². The molecular formula is C14H12Br2FNO. The lowest BCUT2D eigenvalue weighted by Gasteiger charge is -2.18. The van der Waals surface area contributed by atoms with Gasteiger partial charge in [-0.1, -0.05) is 44.0 Å². The smallest absolute Gasteiger partial charge is 0.136 e. The predicted octanol–water partition coefficient (Wildman–Crippen LogP) is 4.43. The minimum absolute atomic E-state index is 0.310. The number of hydrogen-bond donors (Lipinski definition) is 1. The quantitative estimate of drug-likeness (QED) is 0.840. The minimum atomic E-state index is -0.352. The molecule has 2 nitrogen and oxygen atoms in total. The van der Waals surface area contributed by atoms with Crippen molar-refractivity contribution in [2.75, 3.05) is 6.54 Å². The van der Waals surface area contributed by atoms with Gasteiger partial charge in [0.2, 0.25) is 0 Å². The molecule has 0 heterocycles. The predicted molar refractivity (Wildman–Crippen MR) is 80.7 cm³/mol. The summed E-state index contributed by atoms with van der Waals surface area (Å²) in [7, 11) is 0. The molecule has 0 saturated heterocycles. The molecule has 0 aliphatic carbocycles. The number of benzene rings is 2. The van der Waals surface area contributed by atoms with Crippen LogP contribution >= 0.6 is 31.9 Å². The van der Waals surface area contributed by atoms with Crippen LogP contribution in [-0.2, 0) is 0 Å². The molecule has 100 valence electrons. The Labute approximate surface area is 128 Å². The average Bonchev–Trinajstić information content (AvgIpc) is 2.34. The summed E-state index contributed by atoms with van der Waals surface area (Å²) < 4.78 is 20.6. The molecule has 0 aromatic heterocycles. The number of rotatable bonds is 4. The highest BCUT2D eigenvalue weighted by Crippen LogP contribution is 2.26. The van der Waals surface area contributed by atoms with E-state index >= 15 is 0 Å². The molecule has 2 rings (SSSR count). The van der Waals surface area contributed by atoms with Crippen LogP contribution in [0.3, 0.4) is 0 Å². The SMILES string of the molecule is NCC(Oc1cc(F)cc(Br)c1)c1cccc(Br)c1. The lowest BCUT2D eigenvalue weighted by molar-refractivity contribution is 0.213. The average molecular weight is 389 g/mol. The molecule has 0 saturated carbocycles. The van der Waals surface area contributed by atoms with Crippen LogP contribution in [0.1, 0.15) is 11.7 Å². The van der Waals surface area contributed by atoms with Gasteiger partial charge in [0.05, 0.1) is 0 Å². The summed E-state index contributed by atoms with van der Waals surface area (Å²) in [5, 5.41) is 0. The summed E-state index contributed by atoms with van der Waals surface area (Å²) in [6.07, 6.45) is -0.314. The Balaban J connectivity index is 2.23. The van der Waals surface area contributed by atoms with Gasteiger partial charge >= 0.3 is 0 Å². The highest BCUT2D eigenvalue weighted by atomic mass is 79.9. The zero-order chi connectivity index (χ0) is 13.8. The van der Waals surface area contributed by atoms with E-state index in [2.05, 4.69) is 31.9 Å². The van der Waals surface area contributed by atoms with Gasteiger partial charge in [-0.25, -0.2) is 4.39 Å². The monoisotopic (exact) mass is 387 g/mol. The van der Waals surface area contributed by atoms with Gasteiger partial charge in [0.15, 0.2) is 0 Å². The number of nitrogens with two attached hydrogens (primary N) is 1. The first-order valence-electron chi connectivity index (χ1n) is 5.67. The fraction of sp³-hybridized carbons (Fsp3) is 0.143. The third-order valence-corrected chi connectivity index (χ3v) is 3.50. The van der Waals surface area contributed by atoms with Crippen LogP contribution in [-0.4, -0.2) is 6.54 Å². The van der Waals surface area contributed by atoms with Crippen LogP contribution in [0.5, 0.6) is 5.75 Å². The molecule has 0 amide bonds. The first kappa shape index (κ1) is 14.5. The van der Waals surface area contributed by atoms with Gasteiger partial charge in [-0.15, -0.1) is 0 Å². The fourth-order valence-corrected chi connectivity index (χ4v) is 2.58. The molecular weight excluding hydrogens is 377 g/mol. The fourth-order valence-electron chi connectivity index (χ4n) is 1.72. The Hall–Kier alpha value is -0.910. The van der Waals surface area contributed by atoms with Crippen molar-refractivity contribution in [3.8, 4) is 5.75 Å². The van der Waals surface area contributed by atoms with E-state index in [1.807, 2.05) is 24.3 Å². The van der Waals surface area contributed by atoms with Crippen LogP contribution in [0.15, 0.2) is 51.4 Å². The molecule has 1 unspecified atom stereocenters. The zero-order valence-electron chi connectivity index (χ0n) is 9.95. The van der Waals surface area contributed by atoms with Gasteiger partial charge in [-0.2, -0.15) is 0 Å². The maximum Gasteiger partial charge on any atom is 0.136 e. The number of ether oxygens (including phenoxy) is 1.